The van der Waals surface area contributed by atoms with Gasteiger partial charge in [0, 0.05) is 10.1 Å². The van der Waals surface area contributed by atoms with Crippen molar-refractivity contribution in [3.05, 3.63) is 25.6 Å². The molecule has 62 valence electrons. The van der Waals surface area contributed by atoms with Gasteiger partial charge in [-0.2, -0.15) is 0 Å². The summed E-state index contributed by atoms with van der Waals surface area (Å²) < 4.78 is 3.22. The molecule has 0 aliphatic heterocycles. The quantitative estimate of drug-likeness (QED) is 0.709. The van der Waals surface area contributed by atoms with E-state index in [-0.39, 0.29) is 0 Å². The molecular formula is C8H4BrIOS. The molecule has 0 radical (unpaired) electrons. The summed E-state index contributed by atoms with van der Waals surface area (Å²) in [5.74, 6) is 0.355. The Morgan fingerprint density at radius 1 is 1.42 bits per heavy atom. The number of fused-ring (bicyclic) bond motifs is 1. The number of hydrogen-bond acceptors (Lipinski definition) is 2. The Bertz CT molecular complexity index is 438. The molecule has 4 heteroatoms. The molecule has 0 aliphatic rings. The van der Waals surface area contributed by atoms with E-state index in [1.807, 2.05) is 12.1 Å². The first-order valence-corrected chi connectivity index (χ1v) is 5.94. The smallest absolute Gasteiger partial charge is 0.129 e. The number of hydrogen-bond donors (Lipinski definition) is 1. The van der Waals surface area contributed by atoms with Crippen molar-refractivity contribution >= 4 is 59.9 Å². The average Bonchev–Trinajstić information content (AvgIpc) is 2.39. The molecule has 0 saturated carbocycles. The third-order valence-corrected chi connectivity index (χ3v) is 4.32. The Balaban J connectivity index is 2.89. The second-order valence-corrected chi connectivity index (χ2v) is 5.90. The molecule has 1 N–H and O–H groups in total. The number of benzene rings is 1. The van der Waals surface area contributed by atoms with Crippen molar-refractivity contribution in [1.29, 1.82) is 0 Å². The van der Waals surface area contributed by atoms with E-state index in [0.717, 1.165) is 12.7 Å². The molecule has 2 rings (SSSR count). The first-order valence-electron chi connectivity index (χ1n) is 3.25. The van der Waals surface area contributed by atoms with Gasteiger partial charge in [-0.05, 0) is 56.7 Å². The van der Waals surface area contributed by atoms with Gasteiger partial charge in [-0.1, -0.05) is 0 Å². The first-order chi connectivity index (χ1) is 5.68. The minimum absolute atomic E-state index is 0.355. The minimum Gasteiger partial charge on any atom is -0.507 e. The lowest BCUT2D eigenvalue weighted by Crippen LogP contribution is -1.72. The van der Waals surface area contributed by atoms with Gasteiger partial charge in [0.2, 0.25) is 0 Å². The van der Waals surface area contributed by atoms with Crippen LogP contribution in [-0.4, -0.2) is 5.11 Å². The molecule has 1 aromatic carbocycles. The molecule has 1 nitrogen and oxygen atoms in total. The van der Waals surface area contributed by atoms with Gasteiger partial charge in [0.15, 0.2) is 0 Å². The van der Waals surface area contributed by atoms with E-state index >= 15 is 0 Å². The van der Waals surface area contributed by atoms with E-state index in [0.29, 0.717) is 5.75 Å². The Morgan fingerprint density at radius 3 is 2.92 bits per heavy atom. The predicted molar refractivity (Wildman–Crippen MR) is 63.9 cm³/mol. The zero-order chi connectivity index (χ0) is 8.72. The summed E-state index contributed by atoms with van der Waals surface area (Å²) in [5.41, 5.74) is 0. The molecule has 1 heterocycles. The third-order valence-electron chi connectivity index (χ3n) is 1.58. The monoisotopic (exact) mass is 354 g/mol. The highest BCUT2D eigenvalue weighted by Gasteiger charge is 2.06. The van der Waals surface area contributed by atoms with Crippen molar-refractivity contribution < 1.29 is 5.11 Å². The van der Waals surface area contributed by atoms with E-state index in [4.69, 9.17) is 0 Å². The van der Waals surface area contributed by atoms with Gasteiger partial charge in [0.25, 0.3) is 0 Å². The molecule has 2 aromatic rings. The van der Waals surface area contributed by atoms with Crippen LogP contribution in [0.3, 0.4) is 0 Å². The molecule has 12 heavy (non-hydrogen) atoms. The SMILES string of the molecule is Oc1ccc2sc(Br)cc2c1I. The van der Waals surface area contributed by atoms with Crippen molar-refractivity contribution in [3.63, 3.8) is 0 Å². The zero-order valence-electron chi connectivity index (χ0n) is 5.84. The number of rotatable bonds is 0. The number of phenolic OH excluding ortho intramolecular Hbond substituents is 1. The van der Waals surface area contributed by atoms with Crippen LogP contribution in [0.1, 0.15) is 0 Å². The second kappa shape index (κ2) is 3.16. The lowest BCUT2D eigenvalue weighted by molar-refractivity contribution is 0.472. The lowest BCUT2D eigenvalue weighted by atomic mass is 10.2. The van der Waals surface area contributed by atoms with Gasteiger partial charge in [-0.15, -0.1) is 11.3 Å². The summed E-state index contributed by atoms with van der Waals surface area (Å²) in [5, 5.41) is 10.5. The maximum atomic E-state index is 9.41. The standard InChI is InChI=1S/C8H4BrIOS/c9-7-3-4-6(12-7)2-1-5(11)8(4)10/h1-3,11H. The van der Waals surface area contributed by atoms with E-state index in [1.165, 1.54) is 4.70 Å². The number of phenols is 1. The van der Waals surface area contributed by atoms with Crippen molar-refractivity contribution in [1.82, 2.24) is 0 Å². The Morgan fingerprint density at radius 2 is 2.17 bits per heavy atom. The Labute approximate surface area is 95.7 Å². The summed E-state index contributed by atoms with van der Waals surface area (Å²) in [6.07, 6.45) is 0. The van der Waals surface area contributed by atoms with Gasteiger partial charge < -0.3 is 5.11 Å². The van der Waals surface area contributed by atoms with Crippen LogP contribution in [0.25, 0.3) is 10.1 Å². The molecule has 0 spiro atoms. The molecule has 0 atom stereocenters. The van der Waals surface area contributed by atoms with Gasteiger partial charge in [-0.25, -0.2) is 0 Å². The summed E-state index contributed by atoms with van der Waals surface area (Å²) in [6, 6.07) is 5.69. The fraction of sp³-hybridized carbons (Fsp3) is 0. The van der Waals surface area contributed by atoms with Crippen LogP contribution in [0.15, 0.2) is 22.0 Å². The fourth-order valence-electron chi connectivity index (χ4n) is 1.04. The van der Waals surface area contributed by atoms with E-state index in [2.05, 4.69) is 38.5 Å². The van der Waals surface area contributed by atoms with Crippen molar-refractivity contribution in [2.24, 2.45) is 0 Å². The molecule has 0 saturated heterocycles. The highest BCUT2D eigenvalue weighted by Crippen LogP contribution is 2.36. The molecule has 0 unspecified atom stereocenters. The van der Waals surface area contributed by atoms with Crippen LogP contribution in [-0.2, 0) is 0 Å². The molecule has 0 amide bonds. The average molecular weight is 355 g/mol. The van der Waals surface area contributed by atoms with Crippen LogP contribution in [0.2, 0.25) is 0 Å². The fourth-order valence-corrected chi connectivity index (χ4v) is 3.39. The van der Waals surface area contributed by atoms with Gasteiger partial charge >= 0.3 is 0 Å². The molecular weight excluding hydrogens is 351 g/mol. The Hall–Kier alpha value is 0.190. The summed E-state index contributed by atoms with van der Waals surface area (Å²) in [7, 11) is 0. The largest absolute Gasteiger partial charge is 0.507 e. The van der Waals surface area contributed by atoms with Crippen LogP contribution in [0.5, 0.6) is 5.75 Å². The highest BCUT2D eigenvalue weighted by molar-refractivity contribution is 14.1. The van der Waals surface area contributed by atoms with Gasteiger partial charge in [0.1, 0.15) is 5.75 Å². The van der Waals surface area contributed by atoms with Crippen molar-refractivity contribution in [2.75, 3.05) is 0 Å². The Kier molecular flexibility index (Phi) is 2.31. The van der Waals surface area contributed by atoms with Crippen molar-refractivity contribution in [2.45, 2.75) is 0 Å². The predicted octanol–water partition coefficient (Wildman–Crippen LogP) is 3.97. The minimum atomic E-state index is 0.355. The maximum absolute atomic E-state index is 9.41. The summed E-state index contributed by atoms with van der Waals surface area (Å²) >= 11 is 7.24. The molecule has 0 bridgehead atoms. The van der Waals surface area contributed by atoms with Crippen LogP contribution >= 0.6 is 49.9 Å². The zero-order valence-corrected chi connectivity index (χ0v) is 10.4. The number of halogens is 2. The van der Waals surface area contributed by atoms with Gasteiger partial charge in [0.05, 0.1) is 7.36 Å². The summed E-state index contributed by atoms with van der Waals surface area (Å²) in [4.78, 5) is 0. The van der Waals surface area contributed by atoms with Crippen LogP contribution < -0.4 is 0 Å². The molecule has 0 fully saturated rings. The van der Waals surface area contributed by atoms with E-state index in [9.17, 15) is 5.11 Å². The van der Waals surface area contributed by atoms with Crippen LogP contribution in [0, 0.1) is 3.57 Å². The third kappa shape index (κ3) is 1.36. The number of aromatic hydroxyl groups is 1. The van der Waals surface area contributed by atoms with E-state index in [1.54, 1.807) is 17.4 Å². The first kappa shape index (κ1) is 8.77. The van der Waals surface area contributed by atoms with Crippen molar-refractivity contribution in [3.8, 4) is 5.75 Å². The topological polar surface area (TPSA) is 20.2 Å². The maximum Gasteiger partial charge on any atom is 0.129 e. The highest BCUT2D eigenvalue weighted by atomic mass is 127. The summed E-state index contributed by atoms with van der Waals surface area (Å²) in [6.45, 7) is 0. The van der Waals surface area contributed by atoms with E-state index < -0.39 is 0 Å². The number of thiophene rings is 1. The second-order valence-electron chi connectivity index (χ2n) is 2.36. The van der Waals surface area contributed by atoms with Gasteiger partial charge in [-0.3, -0.25) is 0 Å². The normalized spacial score (nSPS) is 10.8. The molecule has 1 aromatic heterocycles. The molecule has 0 aliphatic carbocycles. The van der Waals surface area contributed by atoms with Crippen LogP contribution in [0.4, 0.5) is 0 Å². The lowest BCUT2D eigenvalue weighted by Gasteiger charge is -1.96.